The van der Waals surface area contributed by atoms with Gasteiger partial charge < -0.3 is 10.1 Å². The van der Waals surface area contributed by atoms with Gasteiger partial charge in [0.05, 0.1) is 5.56 Å². The van der Waals surface area contributed by atoms with E-state index in [0.717, 1.165) is 12.8 Å². The fourth-order valence-corrected chi connectivity index (χ4v) is 1.67. The average Bonchev–Trinajstić information content (AvgIpc) is 2.98. The quantitative estimate of drug-likeness (QED) is 0.675. The van der Waals surface area contributed by atoms with Crippen molar-refractivity contribution < 1.29 is 9.53 Å². The molecule has 1 aliphatic rings. The molecule has 0 aromatic carbocycles. The number of hydrogen-bond donors (Lipinski definition) is 1. The van der Waals surface area contributed by atoms with Crippen LogP contribution in [0.2, 0.25) is 5.15 Å². The first-order valence-electron chi connectivity index (χ1n) is 6.01. The second-order valence-electron chi connectivity index (χ2n) is 5.48. The first-order chi connectivity index (χ1) is 8.33. The summed E-state index contributed by atoms with van der Waals surface area (Å²) in [6.07, 6.45) is 2.27. The van der Waals surface area contributed by atoms with Crippen LogP contribution < -0.4 is 5.32 Å². The molecule has 0 unspecified atom stereocenters. The first kappa shape index (κ1) is 13.1. The molecule has 1 aromatic rings. The molecule has 2 rings (SSSR count). The van der Waals surface area contributed by atoms with Gasteiger partial charge in [-0.25, -0.2) is 9.78 Å². The van der Waals surface area contributed by atoms with Crippen LogP contribution in [0.1, 0.15) is 44.0 Å². The summed E-state index contributed by atoms with van der Waals surface area (Å²) in [4.78, 5) is 16.1. The van der Waals surface area contributed by atoms with Crippen LogP contribution in [0.4, 0.5) is 5.82 Å². The van der Waals surface area contributed by atoms with Crippen LogP contribution in [0.5, 0.6) is 0 Å². The molecule has 1 heterocycles. The van der Waals surface area contributed by atoms with Crippen LogP contribution in [0.25, 0.3) is 0 Å². The zero-order chi connectivity index (χ0) is 13.3. The summed E-state index contributed by atoms with van der Waals surface area (Å²) < 4.78 is 5.30. The van der Waals surface area contributed by atoms with E-state index in [0.29, 0.717) is 22.6 Å². The molecule has 1 aromatic heterocycles. The Hall–Kier alpha value is -1.29. The summed E-state index contributed by atoms with van der Waals surface area (Å²) in [6, 6.07) is 3.66. The SMILES string of the molecule is CC(C)(C)OC(=O)c1cc(Cl)nc(NC2CC2)c1. The van der Waals surface area contributed by atoms with Crippen molar-refractivity contribution in [1.82, 2.24) is 4.98 Å². The van der Waals surface area contributed by atoms with Crippen LogP contribution >= 0.6 is 11.6 Å². The Balaban J connectivity index is 2.15. The van der Waals surface area contributed by atoms with Crippen LogP contribution in [0.3, 0.4) is 0 Å². The number of carbonyl (C=O) groups excluding carboxylic acids is 1. The Morgan fingerprint density at radius 1 is 1.44 bits per heavy atom. The number of nitrogens with one attached hydrogen (secondary N) is 1. The minimum atomic E-state index is -0.517. The Kier molecular flexibility index (Phi) is 3.48. The van der Waals surface area contributed by atoms with E-state index in [4.69, 9.17) is 16.3 Å². The minimum absolute atomic E-state index is 0.293. The highest BCUT2D eigenvalue weighted by molar-refractivity contribution is 6.29. The van der Waals surface area contributed by atoms with Gasteiger partial charge in [0, 0.05) is 6.04 Å². The molecule has 1 saturated carbocycles. The Morgan fingerprint density at radius 2 is 2.11 bits per heavy atom. The van der Waals surface area contributed by atoms with E-state index in [2.05, 4.69) is 10.3 Å². The molecule has 1 N–H and O–H groups in total. The molecule has 0 atom stereocenters. The number of nitrogens with zero attached hydrogens (tertiary/aromatic N) is 1. The molecule has 5 heteroatoms. The highest BCUT2D eigenvalue weighted by Crippen LogP contribution is 2.25. The predicted octanol–water partition coefficient (Wildman–Crippen LogP) is 3.26. The number of ether oxygens (including phenoxy) is 1. The minimum Gasteiger partial charge on any atom is -0.456 e. The number of pyridine rings is 1. The van der Waals surface area contributed by atoms with Crippen molar-refractivity contribution in [2.75, 3.05) is 5.32 Å². The van der Waals surface area contributed by atoms with Gasteiger partial charge in [0.2, 0.25) is 0 Å². The van der Waals surface area contributed by atoms with Gasteiger partial charge in [-0.3, -0.25) is 0 Å². The van der Waals surface area contributed by atoms with Gasteiger partial charge in [0.1, 0.15) is 16.6 Å². The van der Waals surface area contributed by atoms with E-state index in [-0.39, 0.29) is 5.97 Å². The third-order valence-corrected chi connectivity index (χ3v) is 2.55. The summed E-state index contributed by atoms with van der Waals surface area (Å²) in [6.45, 7) is 5.49. The lowest BCUT2D eigenvalue weighted by molar-refractivity contribution is 0.00694. The topological polar surface area (TPSA) is 51.2 Å². The summed E-state index contributed by atoms with van der Waals surface area (Å²) in [5, 5.41) is 3.50. The second-order valence-corrected chi connectivity index (χ2v) is 5.87. The summed E-state index contributed by atoms with van der Waals surface area (Å²) >= 11 is 5.91. The highest BCUT2D eigenvalue weighted by atomic mass is 35.5. The summed E-state index contributed by atoms with van der Waals surface area (Å²) in [5.41, 5.74) is -0.0928. The number of anilines is 1. The van der Waals surface area contributed by atoms with Crippen molar-refractivity contribution in [3.8, 4) is 0 Å². The molecule has 0 spiro atoms. The van der Waals surface area contributed by atoms with E-state index in [9.17, 15) is 4.79 Å². The zero-order valence-electron chi connectivity index (χ0n) is 10.8. The fourth-order valence-electron chi connectivity index (χ4n) is 1.46. The third kappa shape index (κ3) is 3.88. The van der Waals surface area contributed by atoms with Gasteiger partial charge in [-0.05, 0) is 45.7 Å². The van der Waals surface area contributed by atoms with Crippen LogP contribution in [0.15, 0.2) is 12.1 Å². The molecular formula is C13H17ClN2O2. The van der Waals surface area contributed by atoms with Gasteiger partial charge in [0.25, 0.3) is 0 Å². The van der Waals surface area contributed by atoms with Gasteiger partial charge >= 0.3 is 5.97 Å². The second kappa shape index (κ2) is 4.76. The monoisotopic (exact) mass is 268 g/mol. The van der Waals surface area contributed by atoms with Gasteiger partial charge in [-0.2, -0.15) is 0 Å². The third-order valence-electron chi connectivity index (χ3n) is 2.36. The van der Waals surface area contributed by atoms with Gasteiger partial charge in [-0.15, -0.1) is 0 Å². The molecule has 4 nitrogen and oxygen atoms in total. The number of rotatable bonds is 3. The van der Waals surface area contributed by atoms with E-state index in [1.165, 1.54) is 6.07 Å². The lowest BCUT2D eigenvalue weighted by Crippen LogP contribution is -2.24. The van der Waals surface area contributed by atoms with Gasteiger partial charge in [0.15, 0.2) is 0 Å². The number of halogens is 1. The summed E-state index contributed by atoms with van der Waals surface area (Å²) in [5.74, 6) is 0.247. The number of carbonyl (C=O) groups is 1. The maximum Gasteiger partial charge on any atom is 0.338 e. The Labute approximate surface area is 112 Å². The van der Waals surface area contributed by atoms with Crippen molar-refractivity contribution in [3.05, 3.63) is 22.8 Å². The van der Waals surface area contributed by atoms with Crippen LogP contribution in [-0.4, -0.2) is 22.6 Å². The molecule has 0 radical (unpaired) electrons. The molecule has 0 aliphatic heterocycles. The first-order valence-corrected chi connectivity index (χ1v) is 6.39. The van der Waals surface area contributed by atoms with E-state index in [1.54, 1.807) is 6.07 Å². The Bertz CT molecular complexity index is 465. The Morgan fingerprint density at radius 3 is 2.67 bits per heavy atom. The fraction of sp³-hybridized carbons (Fsp3) is 0.538. The molecule has 1 fully saturated rings. The number of aromatic nitrogens is 1. The maximum atomic E-state index is 11.9. The lowest BCUT2D eigenvalue weighted by Gasteiger charge is -2.19. The van der Waals surface area contributed by atoms with Crippen molar-refractivity contribution in [2.24, 2.45) is 0 Å². The predicted molar refractivity (Wildman–Crippen MR) is 71.1 cm³/mol. The molecule has 0 bridgehead atoms. The van der Waals surface area contributed by atoms with E-state index in [1.807, 2.05) is 20.8 Å². The van der Waals surface area contributed by atoms with Crippen molar-refractivity contribution in [2.45, 2.75) is 45.3 Å². The average molecular weight is 269 g/mol. The van der Waals surface area contributed by atoms with E-state index < -0.39 is 5.60 Å². The largest absolute Gasteiger partial charge is 0.456 e. The van der Waals surface area contributed by atoms with Crippen molar-refractivity contribution in [1.29, 1.82) is 0 Å². The van der Waals surface area contributed by atoms with Gasteiger partial charge in [-0.1, -0.05) is 11.6 Å². The normalized spacial score (nSPS) is 15.3. The lowest BCUT2D eigenvalue weighted by atomic mass is 10.2. The highest BCUT2D eigenvalue weighted by Gasteiger charge is 2.23. The molecule has 98 valence electrons. The molecule has 1 aliphatic carbocycles. The molecule has 18 heavy (non-hydrogen) atoms. The number of esters is 1. The summed E-state index contributed by atoms with van der Waals surface area (Å²) in [7, 11) is 0. The van der Waals surface area contributed by atoms with Crippen LogP contribution in [-0.2, 0) is 4.74 Å². The maximum absolute atomic E-state index is 11.9. The van der Waals surface area contributed by atoms with Crippen LogP contribution in [0, 0.1) is 0 Å². The molecular weight excluding hydrogens is 252 g/mol. The standard InChI is InChI=1S/C13H17ClN2O2/c1-13(2,3)18-12(17)8-6-10(14)16-11(7-8)15-9-4-5-9/h6-7,9H,4-5H2,1-3H3,(H,15,16). The molecule has 0 saturated heterocycles. The zero-order valence-corrected chi connectivity index (χ0v) is 11.5. The van der Waals surface area contributed by atoms with Crippen molar-refractivity contribution in [3.63, 3.8) is 0 Å². The van der Waals surface area contributed by atoms with E-state index >= 15 is 0 Å². The molecule has 0 amide bonds. The van der Waals surface area contributed by atoms with Crippen molar-refractivity contribution >= 4 is 23.4 Å². The smallest absolute Gasteiger partial charge is 0.338 e. The number of hydrogen-bond acceptors (Lipinski definition) is 4.